The highest BCUT2D eigenvalue weighted by molar-refractivity contribution is 5.56. The summed E-state index contributed by atoms with van der Waals surface area (Å²) in [6, 6.07) is 4.90. The third kappa shape index (κ3) is 4.79. The quantitative estimate of drug-likeness (QED) is 0.536. The van der Waals surface area contributed by atoms with Crippen molar-refractivity contribution in [3.8, 4) is 0 Å². The maximum absolute atomic E-state index is 10.9. The van der Waals surface area contributed by atoms with Gasteiger partial charge in [-0.25, -0.2) is 0 Å². The molecule has 0 aromatic heterocycles. The van der Waals surface area contributed by atoms with E-state index in [9.17, 15) is 10.1 Å². The SMILES string of the molecule is CCNc1ccc([N+](=O)[O-])cc1CN(CC)CCCO. The van der Waals surface area contributed by atoms with Gasteiger partial charge >= 0.3 is 0 Å². The van der Waals surface area contributed by atoms with E-state index in [1.807, 2.05) is 13.8 Å². The first kappa shape index (κ1) is 16.4. The van der Waals surface area contributed by atoms with Gasteiger partial charge in [-0.2, -0.15) is 0 Å². The molecular weight excluding hydrogens is 258 g/mol. The van der Waals surface area contributed by atoms with Crippen LogP contribution in [-0.4, -0.2) is 41.2 Å². The Morgan fingerprint density at radius 2 is 2.15 bits per heavy atom. The predicted molar refractivity (Wildman–Crippen MR) is 79.9 cm³/mol. The lowest BCUT2D eigenvalue weighted by Gasteiger charge is -2.21. The van der Waals surface area contributed by atoms with Crippen molar-refractivity contribution in [1.82, 2.24) is 4.90 Å². The van der Waals surface area contributed by atoms with E-state index in [1.54, 1.807) is 12.1 Å². The zero-order chi connectivity index (χ0) is 15.0. The zero-order valence-electron chi connectivity index (χ0n) is 12.1. The van der Waals surface area contributed by atoms with Gasteiger partial charge < -0.3 is 10.4 Å². The monoisotopic (exact) mass is 281 g/mol. The number of benzene rings is 1. The van der Waals surface area contributed by atoms with Crippen LogP contribution < -0.4 is 5.32 Å². The lowest BCUT2D eigenvalue weighted by atomic mass is 10.1. The van der Waals surface area contributed by atoms with E-state index in [0.717, 1.165) is 30.9 Å². The van der Waals surface area contributed by atoms with Crippen molar-refractivity contribution < 1.29 is 10.0 Å². The molecule has 6 heteroatoms. The number of nitro benzene ring substituents is 1. The van der Waals surface area contributed by atoms with Gasteiger partial charge in [-0.3, -0.25) is 15.0 Å². The molecule has 0 unspecified atom stereocenters. The molecule has 0 amide bonds. The Morgan fingerprint density at radius 3 is 2.70 bits per heavy atom. The number of nitrogens with zero attached hydrogens (tertiary/aromatic N) is 2. The van der Waals surface area contributed by atoms with Crippen LogP contribution >= 0.6 is 0 Å². The Kier molecular flexibility index (Phi) is 6.97. The fourth-order valence-electron chi connectivity index (χ4n) is 2.07. The smallest absolute Gasteiger partial charge is 0.269 e. The van der Waals surface area contributed by atoms with Gasteiger partial charge in [0.25, 0.3) is 5.69 Å². The maximum Gasteiger partial charge on any atom is 0.269 e. The lowest BCUT2D eigenvalue weighted by Crippen LogP contribution is -2.25. The Bertz CT molecular complexity index is 438. The summed E-state index contributed by atoms with van der Waals surface area (Å²) in [5, 5.41) is 23.0. The number of hydrogen-bond donors (Lipinski definition) is 2. The van der Waals surface area contributed by atoms with Gasteiger partial charge in [-0.05, 0) is 31.5 Å². The number of aliphatic hydroxyl groups is 1. The topological polar surface area (TPSA) is 78.6 Å². The third-order valence-electron chi connectivity index (χ3n) is 3.14. The number of non-ortho nitro benzene ring substituents is 1. The first-order valence-electron chi connectivity index (χ1n) is 6.96. The van der Waals surface area contributed by atoms with E-state index in [0.29, 0.717) is 13.0 Å². The van der Waals surface area contributed by atoms with Gasteiger partial charge in [0, 0.05) is 44.1 Å². The van der Waals surface area contributed by atoms with E-state index in [2.05, 4.69) is 10.2 Å². The van der Waals surface area contributed by atoms with Crippen LogP contribution in [0.15, 0.2) is 18.2 Å². The summed E-state index contributed by atoms with van der Waals surface area (Å²) in [6.45, 7) is 7.23. The fraction of sp³-hybridized carbons (Fsp3) is 0.571. The van der Waals surface area contributed by atoms with Crippen molar-refractivity contribution in [2.24, 2.45) is 0 Å². The fourth-order valence-corrected chi connectivity index (χ4v) is 2.07. The largest absolute Gasteiger partial charge is 0.396 e. The van der Waals surface area contributed by atoms with Crippen molar-refractivity contribution in [2.45, 2.75) is 26.8 Å². The lowest BCUT2D eigenvalue weighted by molar-refractivity contribution is -0.384. The summed E-state index contributed by atoms with van der Waals surface area (Å²) < 4.78 is 0. The van der Waals surface area contributed by atoms with Crippen LogP contribution in [0.3, 0.4) is 0 Å². The minimum absolute atomic E-state index is 0.111. The van der Waals surface area contributed by atoms with Crippen LogP contribution in [0.2, 0.25) is 0 Å². The molecule has 0 aliphatic heterocycles. The van der Waals surface area contributed by atoms with Crippen LogP contribution in [0.4, 0.5) is 11.4 Å². The summed E-state index contributed by atoms with van der Waals surface area (Å²) in [4.78, 5) is 12.7. The van der Waals surface area contributed by atoms with Gasteiger partial charge in [-0.1, -0.05) is 6.92 Å². The third-order valence-corrected chi connectivity index (χ3v) is 3.14. The molecule has 0 saturated heterocycles. The number of rotatable bonds is 9. The second kappa shape index (κ2) is 8.50. The molecule has 1 rings (SSSR count). The van der Waals surface area contributed by atoms with E-state index in [-0.39, 0.29) is 17.2 Å². The van der Waals surface area contributed by atoms with Crippen molar-refractivity contribution in [3.63, 3.8) is 0 Å². The molecule has 0 radical (unpaired) electrons. The van der Waals surface area contributed by atoms with Crippen molar-refractivity contribution in [3.05, 3.63) is 33.9 Å². The number of hydrogen-bond acceptors (Lipinski definition) is 5. The van der Waals surface area contributed by atoms with E-state index in [4.69, 9.17) is 5.11 Å². The summed E-state index contributed by atoms with van der Waals surface area (Å²) in [5.74, 6) is 0. The van der Waals surface area contributed by atoms with Gasteiger partial charge in [0.2, 0.25) is 0 Å². The molecule has 1 aromatic rings. The average molecular weight is 281 g/mol. The maximum atomic E-state index is 10.9. The Morgan fingerprint density at radius 1 is 1.40 bits per heavy atom. The summed E-state index contributed by atoms with van der Waals surface area (Å²) in [7, 11) is 0. The number of anilines is 1. The standard InChI is InChI=1S/C14H23N3O3/c1-3-15-14-7-6-13(17(19)20)10-12(14)11-16(4-2)8-5-9-18/h6-7,10,15,18H,3-5,8-9,11H2,1-2H3. The number of nitrogens with one attached hydrogen (secondary N) is 1. The van der Waals surface area contributed by atoms with E-state index in [1.165, 1.54) is 6.07 Å². The second-order valence-corrected chi connectivity index (χ2v) is 4.57. The molecule has 0 aliphatic carbocycles. The van der Waals surface area contributed by atoms with Gasteiger partial charge in [0.1, 0.15) is 0 Å². The Labute approximate surface area is 119 Å². The molecule has 0 spiro atoms. The minimum Gasteiger partial charge on any atom is -0.396 e. The minimum atomic E-state index is -0.372. The molecule has 0 bridgehead atoms. The molecule has 0 saturated carbocycles. The molecule has 0 fully saturated rings. The summed E-state index contributed by atoms with van der Waals surface area (Å²) in [6.07, 6.45) is 0.708. The molecule has 0 aliphatic rings. The molecule has 6 nitrogen and oxygen atoms in total. The number of nitro groups is 1. The zero-order valence-corrected chi connectivity index (χ0v) is 12.1. The van der Waals surface area contributed by atoms with E-state index >= 15 is 0 Å². The predicted octanol–water partition coefficient (Wildman–Crippen LogP) is 2.23. The van der Waals surface area contributed by atoms with Gasteiger partial charge in [0.15, 0.2) is 0 Å². The highest BCUT2D eigenvalue weighted by Crippen LogP contribution is 2.23. The summed E-state index contributed by atoms with van der Waals surface area (Å²) in [5.41, 5.74) is 1.96. The highest BCUT2D eigenvalue weighted by atomic mass is 16.6. The second-order valence-electron chi connectivity index (χ2n) is 4.57. The molecule has 0 heterocycles. The van der Waals surface area contributed by atoms with Crippen LogP contribution in [-0.2, 0) is 6.54 Å². The van der Waals surface area contributed by atoms with Crippen molar-refractivity contribution in [2.75, 3.05) is 31.6 Å². The van der Waals surface area contributed by atoms with Crippen LogP contribution in [0.25, 0.3) is 0 Å². The molecule has 2 N–H and O–H groups in total. The van der Waals surface area contributed by atoms with Crippen molar-refractivity contribution in [1.29, 1.82) is 0 Å². The van der Waals surface area contributed by atoms with Crippen molar-refractivity contribution >= 4 is 11.4 Å². The Hall–Kier alpha value is -1.66. The molecular formula is C14H23N3O3. The van der Waals surface area contributed by atoms with E-state index < -0.39 is 0 Å². The summed E-state index contributed by atoms with van der Waals surface area (Å²) >= 11 is 0. The van der Waals surface area contributed by atoms with Gasteiger partial charge in [-0.15, -0.1) is 0 Å². The molecule has 1 aromatic carbocycles. The average Bonchev–Trinajstić information content (AvgIpc) is 2.44. The van der Waals surface area contributed by atoms with Crippen LogP contribution in [0.1, 0.15) is 25.8 Å². The Balaban J connectivity index is 2.92. The first-order chi connectivity index (χ1) is 9.62. The van der Waals surface area contributed by atoms with Crippen LogP contribution in [0, 0.1) is 10.1 Å². The number of aliphatic hydroxyl groups excluding tert-OH is 1. The normalized spacial score (nSPS) is 10.8. The van der Waals surface area contributed by atoms with Gasteiger partial charge in [0.05, 0.1) is 4.92 Å². The first-order valence-corrected chi connectivity index (χ1v) is 6.96. The molecule has 0 atom stereocenters. The highest BCUT2D eigenvalue weighted by Gasteiger charge is 2.13. The molecule has 112 valence electrons. The molecule has 20 heavy (non-hydrogen) atoms. The van der Waals surface area contributed by atoms with Crippen LogP contribution in [0.5, 0.6) is 0 Å².